The molecule has 1 rings (SSSR count). The molecule has 0 aliphatic rings. The fourth-order valence-electron chi connectivity index (χ4n) is 1.39. The van der Waals surface area contributed by atoms with E-state index in [2.05, 4.69) is 31.9 Å². The number of aryl methyl sites for hydroxylation is 1. The Bertz CT molecular complexity index is 476. The summed E-state index contributed by atoms with van der Waals surface area (Å²) in [6.45, 7) is 0. The third-order valence-corrected chi connectivity index (χ3v) is 4.51. The Morgan fingerprint density at radius 3 is 2.39 bits per heavy atom. The molecule has 0 bridgehead atoms. The molecule has 0 aliphatic carbocycles. The van der Waals surface area contributed by atoms with Crippen LogP contribution in [0.2, 0.25) is 0 Å². The Morgan fingerprint density at radius 2 is 1.94 bits per heavy atom. The summed E-state index contributed by atoms with van der Waals surface area (Å²) < 4.78 is 37.8. The van der Waals surface area contributed by atoms with Crippen LogP contribution in [0.3, 0.4) is 0 Å². The van der Waals surface area contributed by atoms with Gasteiger partial charge < -0.3 is 9.79 Å². The van der Waals surface area contributed by atoms with Crippen molar-refractivity contribution in [3.05, 3.63) is 33.8 Å². The van der Waals surface area contributed by atoms with Gasteiger partial charge in [0.15, 0.2) is 0 Å². The molecule has 2 N–H and O–H groups in total. The topological polar surface area (TPSA) is 57.5 Å². The highest BCUT2D eigenvalue weighted by atomic mass is 79.9. The number of hydrogen-bond donors (Lipinski definition) is 2. The van der Waals surface area contributed by atoms with Gasteiger partial charge in [-0.3, -0.25) is 4.57 Å². The van der Waals surface area contributed by atoms with E-state index in [1.165, 1.54) is 12.1 Å². The van der Waals surface area contributed by atoms with Crippen LogP contribution in [0.25, 0.3) is 0 Å². The van der Waals surface area contributed by atoms with E-state index in [-0.39, 0.29) is 4.47 Å². The highest BCUT2D eigenvalue weighted by molar-refractivity contribution is 9.10. The zero-order chi connectivity index (χ0) is 14.0. The monoisotopic (exact) mass is 406 g/mol. The second-order valence-corrected chi connectivity index (χ2v) is 6.99. The first-order valence-corrected chi connectivity index (χ1v) is 8.51. The number of hydrogen-bond acceptors (Lipinski definition) is 1. The highest BCUT2D eigenvalue weighted by Crippen LogP contribution is 2.60. The molecule has 0 heterocycles. The van der Waals surface area contributed by atoms with Crippen LogP contribution in [0.5, 0.6) is 0 Å². The summed E-state index contributed by atoms with van der Waals surface area (Å²) in [6, 6.07) is 3.96. The minimum absolute atomic E-state index is 0.00268. The van der Waals surface area contributed by atoms with Gasteiger partial charge in [-0.1, -0.05) is 44.0 Å². The minimum atomic E-state index is -5.52. The first-order valence-electron chi connectivity index (χ1n) is 4.98. The van der Waals surface area contributed by atoms with E-state index in [1.54, 1.807) is 0 Å². The maximum absolute atomic E-state index is 13.5. The molecule has 0 atom stereocenters. The molecule has 1 aromatic carbocycles. The summed E-state index contributed by atoms with van der Waals surface area (Å²) in [6.07, 6.45) is 1.55. The van der Waals surface area contributed by atoms with Crippen LogP contribution in [0.1, 0.15) is 17.5 Å². The molecular weight excluding hydrogens is 397 g/mol. The normalized spacial score (nSPS) is 12.8. The van der Waals surface area contributed by atoms with Gasteiger partial charge in [0, 0.05) is 15.4 Å². The third-order valence-electron chi connectivity index (χ3n) is 2.32. The van der Waals surface area contributed by atoms with E-state index in [0.717, 1.165) is 23.4 Å². The molecule has 1 aromatic rings. The molecule has 8 heteroatoms. The van der Waals surface area contributed by atoms with Gasteiger partial charge in [-0.05, 0) is 24.5 Å². The van der Waals surface area contributed by atoms with Crippen LogP contribution in [-0.2, 0) is 16.6 Å². The Kier molecular flexibility index (Phi) is 5.50. The fourth-order valence-corrected chi connectivity index (χ4v) is 3.00. The number of halogens is 4. The zero-order valence-electron chi connectivity index (χ0n) is 9.12. The van der Waals surface area contributed by atoms with Crippen molar-refractivity contribution in [2.75, 3.05) is 5.33 Å². The van der Waals surface area contributed by atoms with Gasteiger partial charge >= 0.3 is 13.3 Å². The molecule has 0 fully saturated rings. The summed E-state index contributed by atoms with van der Waals surface area (Å²) in [5.74, 6) is 0. The van der Waals surface area contributed by atoms with Crippen molar-refractivity contribution in [3.8, 4) is 0 Å². The molecular formula is C10H11Br2F2O3P. The van der Waals surface area contributed by atoms with E-state index in [9.17, 15) is 13.3 Å². The molecule has 3 nitrogen and oxygen atoms in total. The lowest BCUT2D eigenvalue weighted by Crippen LogP contribution is -2.14. The van der Waals surface area contributed by atoms with Gasteiger partial charge in [-0.25, -0.2) is 0 Å². The SMILES string of the molecule is O=P(O)(O)C(F)(F)c1ccc(CCCBr)cc1Br. The predicted octanol–water partition coefficient (Wildman–Crippen LogP) is 4.00. The van der Waals surface area contributed by atoms with E-state index in [0.29, 0.717) is 6.42 Å². The van der Waals surface area contributed by atoms with Gasteiger partial charge in [-0.2, -0.15) is 8.78 Å². The standard InChI is InChI=1S/C10H11Br2F2O3P/c11-5-1-2-7-3-4-8(9(12)6-7)10(13,14)18(15,16)17/h3-4,6H,1-2,5H2,(H2,15,16,17). The number of rotatable bonds is 5. The van der Waals surface area contributed by atoms with E-state index >= 15 is 0 Å². The lowest BCUT2D eigenvalue weighted by atomic mass is 10.1. The Labute approximate surface area is 120 Å². The van der Waals surface area contributed by atoms with Crippen LogP contribution >= 0.6 is 39.5 Å². The molecule has 0 saturated heterocycles. The summed E-state index contributed by atoms with van der Waals surface area (Å²) >= 11 is 6.20. The van der Waals surface area contributed by atoms with Crippen LogP contribution in [0.4, 0.5) is 8.78 Å². The Balaban J connectivity index is 3.10. The second kappa shape index (κ2) is 6.09. The van der Waals surface area contributed by atoms with Gasteiger partial charge in [0.25, 0.3) is 0 Å². The van der Waals surface area contributed by atoms with Gasteiger partial charge in [-0.15, -0.1) is 0 Å². The molecule has 0 unspecified atom stereocenters. The van der Waals surface area contributed by atoms with Crippen molar-refractivity contribution in [1.82, 2.24) is 0 Å². The molecule has 0 aliphatic heterocycles. The van der Waals surface area contributed by atoms with Crippen molar-refractivity contribution in [1.29, 1.82) is 0 Å². The van der Waals surface area contributed by atoms with Crippen molar-refractivity contribution < 1.29 is 23.1 Å². The van der Waals surface area contributed by atoms with Crippen molar-refractivity contribution in [2.24, 2.45) is 0 Å². The third kappa shape index (κ3) is 3.61. The van der Waals surface area contributed by atoms with Crippen LogP contribution in [0, 0.1) is 0 Å². The lowest BCUT2D eigenvalue weighted by Gasteiger charge is -2.19. The maximum atomic E-state index is 13.5. The maximum Gasteiger partial charge on any atom is 0.399 e. The zero-order valence-corrected chi connectivity index (χ0v) is 13.2. The van der Waals surface area contributed by atoms with Crippen molar-refractivity contribution in [3.63, 3.8) is 0 Å². The smallest absolute Gasteiger partial charge is 0.320 e. The van der Waals surface area contributed by atoms with Crippen LogP contribution < -0.4 is 0 Å². The Morgan fingerprint density at radius 1 is 1.33 bits per heavy atom. The first kappa shape index (κ1) is 16.2. The van der Waals surface area contributed by atoms with E-state index < -0.39 is 18.8 Å². The van der Waals surface area contributed by atoms with E-state index in [1.807, 2.05) is 0 Å². The lowest BCUT2D eigenvalue weighted by molar-refractivity contribution is 0.0557. The summed E-state index contributed by atoms with van der Waals surface area (Å²) in [5.41, 5.74) is -4.05. The van der Waals surface area contributed by atoms with Crippen LogP contribution in [-0.4, -0.2) is 15.1 Å². The highest BCUT2D eigenvalue weighted by Gasteiger charge is 2.51. The number of benzene rings is 1. The average molecular weight is 408 g/mol. The molecule has 102 valence electrons. The predicted molar refractivity (Wildman–Crippen MR) is 72.2 cm³/mol. The molecule has 0 aromatic heterocycles. The molecule has 0 amide bonds. The largest absolute Gasteiger partial charge is 0.399 e. The summed E-state index contributed by atoms with van der Waals surface area (Å²) in [4.78, 5) is 17.3. The molecule has 0 radical (unpaired) electrons. The van der Waals surface area contributed by atoms with Gasteiger partial charge in [0.1, 0.15) is 0 Å². The summed E-state index contributed by atoms with van der Waals surface area (Å²) in [7, 11) is -5.52. The summed E-state index contributed by atoms with van der Waals surface area (Å²) in [5, 5.41) is 0.797. The number of alkyl halides is 3. The van der Waals surface area contributed by atoms with E-state index in [4.69, 9.17) is 9.79 Å². The minimum Gasteiger partial charge on any atom is -0.320 e. The quantitative estimate of drug-likeness (QED) is 0.572. The van der Waals surface area contributed by atoms with Crippen molar-refractivity contribution >= 4 is 39.5 Å². The van der Waals surface area contributed by atoms with Gasteiger partial charge in [0.05, 0.1) is 0 Å². The van der Waals surface area contributed by atoms with Crippen molar-refractivity contribution in [2.45, 2.75) is 18.5 Å². The fraction of sp³-hybridized carbons (Fsp3) is 0.400. The average Bonchev–Trinajstić information content (AvgIpc) is 2.24. The molecule has 0 spiro atoms. The second-order valence-electron chi connectivity index (χ2n) is 3.69. The molecule has 0 saturated carbocycles. The van der Waals surface area contributed by atoms with Crippen LogP contribution in [0.15, 0.2) is 22.7 Å². The Hall–Kier alpha value is 0.190. The first-order chi connectivity index (χ1) is 8.20. The van der Waals surface area contributed by atoms with Gasteiger partial charge in [0.2, 0.25) is 0 Å². The molecule has 18 heavy (non-hydrogen) atoms.